The molecule has 0 aromatic rings. The van der Waals surface area contributed by atoms with Crippen molar-refractivity contribution in [1.29, 1.82) is 0 Å². The third-order valence-electron chi connectivity index (χ3n) is 2.66. The highest BCUT2D eigenvalue weighted by Gasteiger charge is 2.27. The van der Waals surface area contributed by atoms with Crippen molar-refractivity contribution in [3.8, 4) is 0 Å². The largest absolute Gasteiger partial charge is 0.396 e. The van der Waals surface area contributed by atoms with Crippen molar-refractivity contribution in [1.82, 2.24) is 4.90 Å². The van der Waals surface area contributed by atoms with E-state index in [0.29, 0.717) is 19.0 Å². The van der Waals surface area contributed by atoms with Gasteiger partial charge in [0.2, 0.25) is 5.91 Å². The van der Waals surface area contributed by atoms with Crippen molar-refractivity contribution in [2.75, 3.05) is 26.9 Å². The fourth-order valence-corrected chi connectivity index (χ4v) is 1.66. The van der Waals surface area contributed by atoms with Gasteiger partial charge in [-0.1, -0.05) is 0 Å². The van der Waals surface area contributed by atoms with Gasteiger partial charge in [-0.25, -0.2) is 0 Å². The minimum absolute atomic E-state index is 0.0469. The molecule has 4 nitrogen and oxygen atoms in total. The maximum Gasteiger partial charge on any atom is 0.248 e. The molecule has 82 valence electrons. The lowest BCUT2D eigenvalue weighted by molar-refractivity contribution is -0.139. The predicted molar refractivity (Wildman–Crippen MR) is 52.9 cm³/mol. The lowest BCUT2D eigenvalue weighted by atomic mass is 9.91. The summed E-state index contributed by atoms with van der Waals surface area (Å²) in [7, 11) is 1.53. The van der Waals surface area contributed by atoms with Gasteiger partial charge in [0.1, 0.15) is 6.61 Å². The molecule has 14 heavy (non-hydrogen) atoms. The van der Waals surface area contributed by atoms with E-state index in [2.05, 4.69) is 0 Å². The second-order valence-electron chi connectivity index (χ2n) is 3.68. The molecule has 1 saturated carbocycles. The fraction of sp³-hybridized carbons (Fsp3) is 0.900. The van der Waals surface area contributed by atoms with Crippen LogP contribution in [-0.2, 0) is 9.53 Å². The Bertz CT molecular complexity index is 180. The Morgan fingerprint density at radius 2 is 2.29 bits per heavy atom. The summed E-state index contributed by atoms with van der Waals surface area (Å²) in [5, 5.41) is 8.73. The molecule has 1 N–H and O–H groups in total. The lowest BCUT2D eigenvalue weighted by Crippen LogP contribution is -2.46. The van der Waals surface area contributed by atoms with E-state index in [9.17, 15) is 4.79 Å². The van der Waals surface area contributed by atoms with Crippen LogP contribution in [0.2, 0.25) is 0 Å². The SMILES string of the molecule is COCC(=O)N(CCCO)C1CCC1. The number of aliphatic hydroxyl groups is 1. The van der Waals surface area contributed by atoms with E-state index in [0.717, 1.165) is 12.8 Å². The van der Waals surface area contributed by atoms with Crippen LogP contribution >= 0.6 is 0 Å². The molecule has 0 aliphatic heterocycles. The van der Waals surface area contributed by atoms with Crippen LogP contribution in [0.25, 0.3) is 0 Å². The molecule has 0 spiro atoms. The molecule has 1 fully saturated rings. The smallest absolute Gasteiger partial charge is 0.248 e. The zero-order chi connectivity index (χ0) is 10.4. The summed E-state index contributed by atoms with van der Waals surface area (Å²) in [4.78, 5) is 13.5. The minimum atomic E-state index is 0.0469. The maximum absolute atomic E-state index is 11.6. The molecule has 1 rings (SSSR count). The topological polar surface area (TPSA) is 49.8 Å². The van der Waals surface area contributed by atoms with Gasteiger partial charge in [-0.05, 0) is 25.7 Å². The van der Waals surface area contributed by atoms with E-state index in [-0.39, 0.29) is 19.1 Å². The van der Waals surface area contributed by atoms with Gasteiger partial charge in [0.15, 0.2) is 0 Å². The summed E-state index contributed by atoms with van der Waals surface area (Å²) < 4.78 is 4.83. The Morgan fingerprint density at radius 1 is 1.57 bits per heavy atom. The summed E-state index contributed by atoms with van der Waals surface area (Å²) >= 11 is 0. The van der Waals surface area contributed by atoms with Crippen molar-refractivity contribution < 1.29 is 14.6 Å². The van der Waals surface area contributed by atoms with Gasteiger partial charge < -0.3 is 14.7 Å². The normalized spacial score (nSPS) is 16.4. The number of rotatable bonds is 6. The number of amides is 1. The van der Waals surface area contributed by atoms with Crippen molar-refractivity contribution in [2.45, 2.75) is 31.7 Å². The third-order valence-corrected chi connectivity index (χ3v) is 2.66. The van der Waals surface area contributed by atoms with Crippen LogP contribution in [0.15, 0.2) is 0 Å². The average molecular weight is 201 g/mol. The zero-order valence-corrected chi connectivity index (χ0v) is 8.74. The van der Waals surface area contributed by atoms with Crippen LogP contribution < -0.4 is 0 Å². The van der Waals surface area contributed by atoms with Gasteiger partial charge in [-0.2, -0.15) is 0 Å². The minimum Gasteiger partial charge on any atom is -0.396 e. The first-order valence-electron chi connectivity index (χ1n) is 5.19. The Kier molecular flexibility index (Phi) is 4.90. The Hall–Kier alpha value is -0.610. The standard InChI is InChI=1S/C10H19NO3/c1-14-8-10(13)11(6-3-7-12)9-4-2-5-9/h9,12H,2-8H2,1H3. The Labute approximate surface area is 84.8 Å². The van der Waals surface area contributed by atoms with Gasteiger partial charge in [0.05, 0.1) is 0 Å². The first-order chi connectivity index (χ1) is 6.79. The predicted octanol–water partition coefficient (Wildman–Crippen LogP) is 0.396. The highest BCUT2D eigenvalue weighted by atomic mass is 16.5. The molecule has 0 radical (unpaired) electrons. The van der Waals surface area contributed by atoms with Crippen molar-refractivity contribution >= 4 is 5.91 Å². The zero-order valence-electron chi connectivity index (χ0n) is 8.74. The van der Waals surface area contributed by atoms with E-state index >= 15 is 0 Å². The molecular formula is C10H19NO3. The number of hydrogen-bond acceptors (Lipinski definition) is 3. The van der Waals surface area contributed by atoms with Crippen LogP contribution in [0.5, 0.6) is 0 Å². The van der Waals surface area contributed by atoms with E-state index in [1.165, 1.54) is 13.5 Å². The van der Waals surface area contributed by atoms with Gasteiger partial charge in [-0.15, -0.1) is 0 Å². The highest BCUT2D eigenvalue weighted by Crippen LogP contribution is 2.24. The number of carbonyl (C=O) groups excluding carboxylic acids is 1. The molecule has 0 saturated heterocycles. The van der Waals surface area contributed by atoms with Gasteiger partial charge in [-0.3, -0.25) is 4.79 Å². The van der Waals surface area contributed by atoms with E-state index in [1.807, 2.05) is 4.90 Å². The molecule has 0 aromatic carbocycles. The summed E-state index contributed by atoms with van der Waals surface area (Å²) in [6.07, 6.45) is 4.06. The fourth-order valence-electron chi connectivity index (χ4n) is 1.66. The monoisotopic (exact) mass is 201 g/mol. The molecule has 0 heterocycles. The molecule has 0 atom stereocenters. The first kappa shape index (κ1) is 11.5. The number of methoxy groups -OCH3 is 1. The van der Waals surface area contributed by atoms with Crippen molar-refractivity contribution in [3.05, 3.63) is 0 Å². The van der Waals surface area contributed by atoms with Crippen LogP contribution in [0.4, 0.5) is 0 Å². The molecule has 0 bridgehead atoms. The summed E-state index contributed by atoms with van der Waals surface area (Å²) in [6, 6.07) is 0.393. The quantitative estimate of drug-likeness (QED) is 0.676. The number of aliphatic hydroxyl groups excluding tert-OH is 1. The Morgan fingerprint density at radius 3 is 2.71 bits per heavy atom. The summed E-state index contributed by atoms with van der Waals surface area (Å²) in [5.74, 6) is 0.0469. The molecular weight excluding hydrogens is 182 g/mol. The number of nitrogens with zero attached hydrogens (tertiary/aromatic N) is 1. The van der Waals surface area contributed by atoms with Gasteiger partial charge in [0, 0.05) is 26.3 Å². The molecule has 1 amide bonds. The van der Waals surface area contributed by atoms with Crippen LogP contribution in [0.3, 0.4) is 0 Å². The first-order valence-corrected chi connectivity index (χ1v) is 5.19. The van der Waals surface area contributed by atoms with Gasteiger partial charge >= 0.3 is 0 Å². The van der Waals surface area contributed by atoms with Crippen molar-refractivity contribution in [3.63, 3.8) is 0 Å². The maximum atomic E-state index is 11.6. The highest BCUT2D eigenvalue weighted by molar-refractivity contribution is 5.77. The molecule has 0 aromatic heterocycles. The number of hydrogen-bond donors (Lipinski definition) is 1. The van der Waals surface area contributed by atoms with E-state index in [1.54, 1.807) is 0 Å². The molecule has 1 aliphatic rings. The third kappa shape index (κ3) is 2.96. The Balaban J connectivity index is 2.38. The summed E-state index contributed by atoms with van der Waals surface area (Å²) in [5.41, 5.74) is 0. The van der Waals surface area contributed by atoms with Crippen LogP contribution in [0.1, 0.15) is 25.7 Å². The van der Waals surface area contributed by atoms with Crippen molar-refractivity contribution in [2.24, 2.45) is 0 Å². The average Bonchev–Trinajstić information content (AvgIpc) is 2.09. The van der Waals surface area contributed by atoms with E-state index < -0.39 is 0 Å². The summed E-state index contributed by atoms with van der Waals surface area (Å²) in [6.45, 7) is 0.953. The number of ether oxygens (including phenoxy) is 1. The van der Waals surface area contributed by atoms with E-state index in [4.69, 9.17) is 9.84 Å². The van der Waals surface area contributed by atoms with Crippen LogP contribution in [-0.4, -0.2) is 48.8 Å². The molecule has 0 unspecified atom stereocenters. The van der Waals surface area contributed by atoms with Gasteiger partial charge in [0.25, 0.3) is 0 Å². The molecule has 4 heteroatoms. The molecule has 1 aliphatic carbocycles. The van der Waals surface area contributed by atoms with Crippen LogP contribution in [0, 0.1) is 0 Å². The number of carbonyl (C=O) groups is 1. The lowest BCUT2D eigenvalue weighted by Gasteiger charge is -2.37. The second kappa shape index (κ2) is 5.98. The second-order valence-corrected chi connectivity index (χ2v) is 3.68.